The van der Waals surface area contributed by atoms with Crippen LogP contribution in [-0.2, 0) is 6.54 Å². The number of carboxylic acid groups (broad SMARTS) is 1. The van der Waals surface area contributed by atoms with Crippen molar-refractivity contribution in [2.24, 2.45) is 0 Å². The number of hydrogen-bond donors (Lipinski definition) is 1. The zero-order chi connectivity index (χ0) is 18.0. The molecule has 0 fully saturated rings. The second-order valence-corrected chi connectivity index (χ2v) is 5.07. The number of rotatable bonds is 5. The summed E-state index contributed by atoms with van der Waals surface area (Å²) in [5.74, 6) is -1.26. The zero-order valence-electron chi connectivity index (χ0n) is 12.6. The van der Waals surface area contributed by atoms with Gasteiger partial charge in [-0.3, -0.25) is 10.1 Å². The number of benzene rings is 2. The first-order valence-electron chi connectivity index (χ1n) is 7.06. The quantitative estimate of drug-likeness (QED) is 0.542. The molecule has 0 aliphatic carbocycles. The van der Waals surface area contributed by atoms with E-state index < -0.39 is 16.6 Å². The molecule has 25 heavy (non-hydrogen) atoms. The predicted octanol–water partition coefficient (Wildman–Crippen LogP) is 1.08. The number of aromatic nitrogens is 4. The molecular formula is C15H11N5O5. The molecule has 0 aliphatic heterocycles. The number of nitrogens with zero attached hydrogens (tertiary/aromatic N) is 5. The summed E-state index contributed by atoms with van der Waals surface area (Å²) >= 11 is 0. The van der Waals surface area contributed by atoms with Crippen LogP contribution in [0.2, 0.25) is 0 Å². The number of nitro groups is 1. The van der Waals surface area contributed by atoms with Crippen molar-refractivity contribution in [2.75, 3.05) is 0 Å². The Balaban J connectivity index is 2.02. The maximum atomic E-state index is 12.4. The Bertz CT molecular complexity index is 1010. The van der Waals surface area contributed by atoms with Crippen molar-refractivity contribution in [3.8, 4) is 5.69 Å². The van der Waals surface area contributed by atoms with Gasteiger partial charge in [0, 0.05) is 12.1 Å². The highest BCUT2D eigenvalue weighted by Crippen LogP contribution is 2.18. The van der Waals surface area contributed by atoms with Gasteiger partial charge in [0.1, 0.15) is 0 Å². The van der Waals surface area contributed by atoms with Crippen LogP contribution in [0.25, 0.3) is 5.69 Å². The first-order chi connectivity index (χ1) is 12.0. The normalized spacial score (nSPS) is 10.6. The highest BCUT2D eigenvalue weighted by atomic mass is 16.6. The minimum atomic E-state index is -1.26. The van der Waals surface area contributed by atoms with Crippen molar-refractivity contribution in [3.63, 3.8) is 0 Å². The fourth-order valence-electron chi connectivity index (χ4n) is 2.30. The molecule has 10 nitrogen and oxygen atoms in total. The summed E-state index contributed by atoms with van der Waals surface area (Å²) in [5.41, 5.74) is -0.426. The molecular weight excluding hydrogens is 330 g/mol. The van der Waals surface area contributed by atoms with Gasteiger partial charge in [0.2, 0.25) is 0 Å². The molecule has 10 heteroatoms. The van der Waals surface area contributed by atoms with E-state index in [9.17, 15) is 24.8 Å². The number of carbonyl (C=O) groups is 1. The van der Waals surface area contributed by atoms with E-state index in [1.807, 2.05) is 0 Å². The van der Waals surface area contributed by atoms with E-state index in [4.69, 9.17) is 0 Å². The molecule has 0 unspecified atom stereocenters. The third-order valence-corrected chi connectivity index (χ3v) is 3.49. The molecule has 0 bridgehead atoms. The smallest absolute Gasteiger partial charge is 0.368 e. The standard InChI is InChI=1S/C15H11N5O5/c21-14(22)13-7-6-12(20(24)25)8-10(13)9-18-15(23)19(17-16-18)11-4-2-1-3-5-11/h1-8H,9H2,(H,21,22). The van der Waals surface area contributed by atoms with Gasteiger partial charge in [-0.2, -0.15) is 9.36 Å². The fraction of sp³-hybridized carbons (Fsp3) is 0.0667. The molecule has 3 rings (SSSR count). The van der Waals surface area contributed by atoms with Crippen LogP contribution in [0.15, 0.2) is 53.3 Å². The minimum absolute atomic E-state index is 0.0870. The molecule has 0 amide bonds. The maximum Gasteiger partial charge on any atom is 0.368 e. The molecule has 1 heterocycles. The fourth-order valence-corrected chi connectivity index (χ4v) is 2.30. The number of tetrazole rings is 1. The average molecular weight is 341 g/mol. The summed E-state index contributed by atoms with van der Waals surface area (Å²) in [6.45, 7) is -0.255. The number of carboxylic acids is 1. The van der Waals surface area contributed by atoms with Crippen LogP contribution in [0.5, 0.6) is 0 Å². The summed E-state index contributed by atoms with van der Waals surface area (Å²) in [4.78, 5) is 34.0. The van der Waals surface area contributed by atoms with E-state index in [1.165, 1.54) is 0 Å². The second-order valence-electron chi connectivity index (χ2n) is 5.07. The van der Waals surface area contributed by atoms with Crippen molar-refractivity contribution in [3.05, 3.63) is 80.3 Å². The van der Waals surface area contributed by atoms with E-state index in [2.05, 4.69) is 10.4 Å². The molecule has 0 atom stereocenters. The number of non-ortho nitro benzene ring substituents is 1. The molecule has 126 valence electrons. The first kappa shape index (κ1) is 16.1. The Hall–Kier alpha value is -3.82. The van der Waals surface area contributed by atoms with Crippen molar-refractivity contribution in [2.45, 2.75) is 6.54 Å². The summed E-state index contributed by atoms with van der Waals surface area (Å²) < 4.78 is 2.00. The third kappa shape index (κ3) is 3.13. The van der Waals surface area contributed by atoms with Gasteiger partial charge >= 0.3 is 11.7 Å². The Labute approximate surface area is 139 Å². The average Bonchev–Trinajstić information content (AvgIpc) is 2.96. The lowest BCUT2D eigenvalue weighted by Gasteiger charge is -2.05. The Kier molecular flexibility index (Phi) is 4.08. The van der Waals surface area contributed by atoms with Crippen LogP contribution < -0.4 is 5.69 Å². The summed E-state index contributed by atoms with van der Waals surface area (Å²) in [5, 5.41) is 27.6. The van der Waals surface area contributed by atoms with Gasteiger partial charge in [0.05, 0.1) is 22.7 Å². The Morgan fingerprint density at radius 1 is 1.16 bits per heavy atom. The monoisotopic (exact) mass is 341 g/mol. The van der Waals surface area contributed by atoms with Gasteiger partial charge in [0.15, 0.2) is 0 Å². The van der Waals surface area contributed by atoms with Crippen molar-refractivity contribution < 1.29 is 14.8 Å². The predicted molar refractivity (Wildman–Crippen MR) is 84.8 cm³/mol. The molecule has 0 saturated carbocycles. The van der Waals surface area contributed by atoms with Crippen LogP contribution in [-0.4, -0.2) is 35.8 Å². The van der Waals surface area contributed by atoms with Crippen LogP contribution in [0, 0.1) is 10.1 Å². The van der Waals surface area contributed by atoms with E-state index >= 15 is 0 Å². The SMILES string of the molecule is O=C(O)c1ccc([N+](=O)[O-])cc1Cn1nnn(-c2ccccc2)c1=O. The van der Waals surface area contributed by atoms with Gasteiger partial charge in [-0.05, 0) is 34.2 Å². The lowest BCUT2D eigenvalue weighted by Crippen LogP contribution is -2.25. The molecule has 0 aliphatic rings. The molecule has 1 aromatic heterocycles. The zero-order valence-corrected chi connectivity index (χ0v) is 12.6. The van der Waals surface area contributed by atoms with Gasteiger partial charge < -0.3 is 5.11 Å². The molecule has 0 radical (unpaired) electrons. The first-order valence-corrected chi connectivity index (χ1v) is 7.06. The molecule has 0 spiro atoms. The van der Waals surface area contributed by atoms with Gasteiger partial charge in [-0.15, -0.1) is 0 Å². The molecule has 2 aromatic carbocycles. The topological polar surface area (TPSA) is 133 Å². The third-order valence-electron chi connectivity index (χ3n) is 3.49. The minimum Gasteiger partial charge on any atom is -0.478 e. The molecule has 3 aromatic rings. The van der Waals surface area contributed by atoms with Crippen LogP contribution >= 0.6 is 0 Å². The maximum absolute atomic E-state index is 12.4. The van der Waals surface area contributed by atoms with E-state index in [-0.39, 0.29) is 23.4 Å². The van der Waals surface area contributed by atoms with Gasteiger partial charge in [-0.1, -0.05) is 18.2 Å². The Morgan fingerprint density at radius 3 is 2.52 bits per heavy atom. The van der Waals surface area contributed by atoms with Crippen molar-refractivity contribution in [1.82, 2.24) is 19.8 Å². The van der Waals surface area contributed by atoms with E-state index in [0.717, 1.165) is 27.6 Å². The second kappa shape index (κ2) is 6.35. The lowest BCUT2D eigenvalue weighted by molar-refractivity contribution is -0.384. The highest BCUT2D eigenvalue weighted by molar-refractivity contribution is 5.89. The van der Waals surface area contributed by atoms with Crippen LogP contribution in [0.1, 0.15) is 15.9 Å². The van der Waals surface area contributed by atoms with E-state index in [1.54, 1.807) is 30.3 Å². The number of nitro benzene ring substituents is 1. The van der Waals surface area contributed by atoms with Gasteiger partial charge in [0.25, 0.3) is 5.69 Å². The highest BCUT2D eigenvalue weighted by Gasteiger charge is 2.18. The molecule has 1 N–H and O–H groups in total. The Morgan fingerprint density at radius 2 is 1.88 bits per heavy atom. The number of aromatic carboxylic acids is 1. The number of para-hydroxylation sites is 1. The van der Waals surface area contributed by atoms with Crippen molar-refractivity contribution >= 4 is 11.7 Å². The van der Waals surface area contributed by atoms with Crippen molar-refractivity contribution in [1.29, 1.82) is 0 Å². The number of hydrogen-bond acceptors (Lipinski definition) is 6. The van der Waals surface area contributed by atoms with Crippen LogP contribution in [0.4, 0.5) is 5.69 Å². The van der Waals surface area contributed by atoms with Crippen LogP contribution in [0.3, 0.4) is 0 Å². The largest absolute Gasteiger partial charge is 0.478 e. The summed E-state index contributed by atoms with van der Waals surface area (Å²) in [7, 11) is 0. The molecule has 0 saturated heterocycles. The van der Waals surface area contributed by atoms with E-state index in [0.29, 0.717) is 5.69 Å². The summed E-state index contributed by atoms with van der Waals surface area (Å²) in [6.07, 6.45) is 0. The lowest BCUT2D eigenvalue weighted by atomic mass is 10.1. The van der Waals surface area contributed by atoms with Gasteiger partial charge in [-0.25, -0.2) is 9.59 Å². The summed E-state index contributed by atoms with van der Waals surface area (Å²) in [6, 6.07) is 11.9.